The third kappa shape index (κ3) is 5.50. The minimum Gasteiger partial charge on any atom is -0.396 e. The van der Waals surface area contributed by atoms with Gasteiger partial charge in [0, 0.05) is 13.2 Å². The van der Waals surface area contributed by atoms with Crippen LogP contribution in [0.4, 0.5) is 4.39 Å². The van der Waals surface area contributed by atoms with Crippen molar-refractivity contribution in [1.82, 2.24) is 5.32 Å². The first-order valence-electron chi connectivity index (χ1n) is 5.39. The molecular formula is C12H18FNO. The zero-order valence-corrected chi connectivity index (χ0v) is 8.88. The van der Waals surface area contributed by atoms with E-state index < -0.39 is 0 Å². The highest BCUT2D eigenvalue weighted by Crippen LogP contribution is 2.02. The quantitative estimate of drug-likeness (QED) is 0.677. The van der Waals surface area contributed by atoms with Crippen molar-refractivity contribution in [2.75, 3.05) is 13.2 Å². The third-order valence-corrected chi connectivity index (χ3v) is 2.25. The number of hydrogen-bond acceptors (Lipinski definition) is 2. The van der Waals surface area contributed by atoms with E-state index in [1.54, 1.807) is 12.1 Å². The van der Waals surface area contributed by atoms with Gasteiger partial charge in [0.1, 0.15) is 5.82 Å². The van der Waals surface area contributed by atoms with Crippen LogP contribution in [0.3, 0.4) is 0 Å². The maximum atomic E-state index is 12.6. The summed E-state index contributed by atoms with van der Waals surface area (Å²) >= 11 is 0. The fourth-order valence-corrected chi connectivity index (χ4v) is 1.37. The second kappa shape index (κ2) is 7.37. The van der Waals surface area contributed by atoms with Crippen molar-refractivity contribution in [2.45, 2.75) is 25.8 Å². The molecule has 15 heavy (non-hydrogen) atoms. The van der Waals surface area contributed by atoms with Crippen LogP contribution >= 0.6 is 0 Å². The van der Waals surface area contributed by atoms with E-state index in [1.807, 2.05) is 0 Å². The summed E-state index contributed by atoms with van der Waals surface area (Å²) < 4.78 is 12.6. The monoisotopic (exact) mass is 211 g/mol. The van der Waals surface area contributed by atoms with Gasteiger partial charge in [-0.05, 0) is 43.5 Å². The van der Waals surface area contributed by atoms with Crippen LogP contribution in [-0.4, -0.2) is 18.3 Å². The molecule has 0 fully saturated rings. The van der Waals surface area contributed by atoms with Gasteiger partial charge in [-0.3, -0.25) is 0 Å². The van der Waals surface area contributed by atoms with E-state index in [0.717, 1.165) is 37.9 Å². The van der Waals surface area contributed by atoms with Gasteiger partial charge < -0.3 is 10.4 Å². The summed E-state index contributed by atoms with van der Waals surface area (Å²) in [7, 11) is 0. The molecule has 0 aromatic heterocycles. The smallest absolute Gasteiger partial charge is 0.123 e. The fourth-order valence-electron chi connectivity index (χ4n) is 1.37. The molecule has 0 saturated carbocycles. The Morgan fingerprint density at radius 3 is 2.47 bits per heavy atom. The molecule has 3 heteroatoms. The molecule has 0 aliphatic carbocycles. The summed E-state index contributed by atoms with van der Waals surface area (Å²) in [6.45, 7) is 1.99. The Labute approximate surface area is 90.1 Å². The predicted octanol–water partition coefficient (Wildman–Crippen LogP) is 2.08. The topological polar surface area (TPSA) is 32.3 Å². The SMILES string of the molecule is OCCCCCNCc1ccc(F)cc1. The lowest BCUT2D eigenvalue weighted by molar-refractivity contribution is 0.283. The molecule has 1 aromatic rings. The van der Waals surface area contributed by atoms with E-state index in [4.69, 9.17) is 5.11 Å². The van der Waals surface area contributed by atoms with Gasteiger partial charge in [0.2, 0.25) is 0 Å². The summed E-state index contributed by atoms with van der Waals surface area (Å²) in [5.41, 5.74) is 1.10. The van der Waals surface area contributed by atoms with Crippen LogP contribution in [0.25, 0.3) is 0 Å². The van der Waals surface area contributed by atoms with E-state index in [-0.39, 0.29) is 12.4 Å². The number of unbranched alkanes of at least 4 members (excludes halogenated alkanes) is 2. The summed E-state index contributed by atoms with van der Waals surface area (Å²) in [6, 6.07) is 6.53. The van der Waals surface area contributed by atoms with Gasteiger partial charge >= 0.3 is 0 Å². The number of halogens is 1. The fraction of sp³-hybridized carbons (Fsp3) is 0.500. The van der Waals surface area contributed by atoms with E-state index in [9.17, 15) is 4.39 Å². The van der Waals surface area contributed by atoms with Crippen LogP contribution in [-0.2, 0) is 6.54 Å². The lowest BCUT2D eigenvalue weighted by Crippen LogP contribution is -2.14. The van der Waals surface area contributed by atoms with Crippen LogP contribution in [0.2, 0.25) is 0 Å². The molecular weight excluding hydrogens is 193 g/mol. The predicted molar refractivity (Wildman–Crippen MR) is 59.0 cm³/mol. The molecule has 1 rings (SSSR count). The maximum Gasteiger partial charge on any atom is 0.123 e. The first-order chi connectivity index (χ1) is 7.33. The molecule has 0 aliphatic heterocycles. The zero-order chi connectivity index (χ0) is 10.9. The Morgan fingerprint density at radius 1 is 1.07 bits per heavy atom. The number of nitrogens with one attached hydrogen (secondary N) is 1. The molecule has 84 valence electrons. The first kappa shape index (κ1) is 12.1. The van der Waals surface area contributed by atoms with Gasteiger partial charge in [-0.15, -0.1) is 0 Å². The summed E-state index contributed by atoms with van der Waals surface area (Å²) in [4.78, 5) is 0. The van der Waals surface area contributed by atoms with Crippen LogP contribution in [0.5, 0.6) is 0 Å². The standard InChI is InChI=1S/C12H18FNO/c13-12-6-4-11(5-7-12)10-14-8-2-1-3-9-15/h4-7,14-15H,1-3,8-10H2. The van der Waals surface area contributed by atoms with Gasteiger partial charge in [-0.2, -0.15) is 0 Å². The Hall–Kier alpha value is -0.930. The highest BCUT2D eigenvalue weighted by atomic mass is 19.1. The van der Waals surface area contributed by atoms with Crippen molar-refractivity contribution in [3.05, 3.63) is 35.6 Å². The van der Waals surface area contributed by atoms with Crippen LogP contribution in [0.1, 0.15) is 24.8 Å². The number of benzene rings is 1. The molecule has 2 nitrogen and oxygen atoms in total. The average molecular weight is 211 g/mol. The normalized spacial score (nSPS) is 10.5. The van der Waals surface area contributed by atoms with Crippen molar-refractivity contribution in [2.24, 2.45) is 0 Å². The molecule has 0 aliphatic rings. The largest absolute Gasteiger partial charge is 0.396 e. The Balaban J connectivity index is 2.07. The molecule has 1 aromatic carbocycles. The van der Waals surface area contributed by atoms with Gasteiger partial charge in [0.15, 0.2) is 0 Å². The number of rotatable bonds is 7. The van der Waals surface area contributed by atoms with Crippen molar-refractivity contribution in [3.63, 3.8) is 0 Å². The molecule has 0 atom stereocenters. The lowest BCUT2D eigenvalue weighted by Gasteiger charge is -2.04. The molecule has 0 spiro atoms. The van der Waals surface area contributed by atoms with Crippen LogP contribution < -0.4 is 5.32 Å². The minimum atomic E-state index is -0.193. The highest BCUT2D eigenvalue weighted by molar-refractivity contribution is 5.15. The van der Waals surface area contributed by atoms with Crippen molar-refractivity contribution < 1.29 is 9.50 Å². The van der Waals surface area contributed by atoms with Crippen molar-refractivity contribution in [3.8, 4) is 0 Å². The Kier molecular flexibility index (Phi) is 5.97. The van der Waals surface area contributed by atoms with Gasteiger partial charge in [0.05, 0.1) is 0 Å². The van der Waals surface area contributed by atoms with Crippen molar-refractivity contribution >= 4 is 0 Å². The van der Waals surface area contributed by atoms with Crippen molar-refractivity contribution in [1.29, 1.82) is 0 Å². The van der Waals surface area contributed by atoms with Gasteiger partial charge in [0.25, 0.3) is 0 Å². The summed E-state index contributed by atoms with van der Waals surface area (Å²) in [6.07, 6.45) is 2.99. The summed E-state index contributed by atoms with van der Waals surface area (Å²) in [5.74, 6) is -0.193. The molecule has 0 amide bonds. The molecule has 0 bridgehead atoms. The second-order valence-corrected chi connectivity index (χ2v) is 3.59. The third-order valence-electron chi connectivity index (χ3n) is 2.25. The highest BCUT2D eigenvalue weighted by Gasteiger charge is 1.93. The van der Waals surface area contributed by atoms with E-state index in [2.05, 4.69) is 5.32 Å². The molecule has 2 N–H and O–H groups in total. The van der Waals surface area contributed by atoms with Gasteiger partial charge in [-0.1, -0.05) is 12.1 Å². The first-order valence-corrected chi connectivity index (χ1v) is 5.39. The van der Waals surface area contributed by atoms with Crippen LogP contribution in [0, 0.1) is 5.82 Å². The maximum absolute atomic E-state index is 12.6. The zero-order valence-electron chi connectivity index (χ0n) is 8.88. The lowest BCUT2D eigenvalue weighted by atomic mass is 10.2. The summed E-state index contributed by atoms with van der Waals surface area (Å²) in [5, 5.41) is 11.8. The number of hydrogen-bond donors (Lipinski definition) is 2. The molecule has 0 saturated heterocycles. The Bertz CT molecular complexity index is 261. The van der Waals surface area contributed by atoms with E-state index in [0.29, 0.717) is 0 Å². The van der Waals surface area contributed by atoms with E-state index in [1.165, 1.54) is 12.1 Å². The van der Waals surface area contributed by atoms with Crippen LogP contribution in [0.15, 0.2) is 24.3 Å². The minimum absolute atomic E-state index is 0.193. The number of aliphatic hydroxyl groups is 1. The molecule has 0 unspecified atom stereocenters. The van der Waals surface area contributed by atoms with E-state index >= 15 is 0 Å². The average Bonchev–Trinajstić information content (AvgIpc) is 2.26. The second-order valence-electron chi connectivity index (χ2n) is 3.59. The Morgan fingerprint density at radius 2 is 1.80 bits per heavy atom. The molecule has 0 radical (unpaired) electrons. The molecule has 0 heterocycles. The number of aliphatic hydroxyl groups excluding tert-OH is 1. The van der Waals surface area contributed by atoms with Gasteiger partial charge in [-0.25, -0.2) is 4.39 Å².